The lowest BCUT2D eigenvalue weighted by molar-refractivity contribution is 0.295. The van der Waals surface area contributed by atoms with Crippen molar-refractivity contribution in [1.82, 2.24) is 25.3 Å². The molecule has 6 heteroatoms. The summed E-state index contributed by atoms with van der Waals surface area (Å²) < 4.78 is 0. The van der Waals surface area contributed by atoms with Crippen LogP contribution in [0.25, 0.3) is 22.2 Å². The van der Waals surface area contributed by atoms with Crippen LogP contribution in [0.4, 0.5) is 5.82 Å². The van der Waals surface area contributed by atoms with Crippen LogP contribution >= 0.6 is 0 Å². The number of aromatic nitrogens is 4. The van der Waals surface area contributed by atoms with E-state index in [1.54, 1.807) is 6.07 Å². The molecule has 0 bridgehead atoms. The van der Waals surface area contributed by atoms with Gasteiger partial charge in [0.25, 0.3) is 0 Å². The Kier molecular flexibility index (Phi) is 3.65. The minimum absolute atomic E-state index is 0.331. The molecule has 6 nitrogen and oxygen atoms in total. The van der Waals surface area contributed by atoms with Gasteiger partial charge in [-0.15, -0.1) is 10.2 Å². The summed E-state index contributed by atoms with van der Waals surface area (Å²) in [7, 11) is 2.17. The second kappa shape index (κ2) is 6.17. The second-order valence-electron chi connectivity index (χ2n) is 7.22. The molecule has 1 aliphatic rings. The van der Waals surface area contributed by atoms with Crippen molar-refractivity contribution >= 4 is 16.7 Å². The molecule has 1 aliphatic heterocycles. The molecule has 27 heavy (non-hydrogen) atoms. The monoisotopic (exact) mass is 356 g/mol. The van der Waals surface area contributed by atoms with Gasteiger partial charge in [-0.1, -0.05) is 24.3 Å². The average Bonchev–Trinajstić information content (AvgIpc) is 3.15. The van der Waals surface area contributed by atoms with Gasteiger partial charge in [0.1, 0.15) is 5.82 Å². The highest BCUT2D eigenvalue weighted by Gasteiger charge is 2.25. The van der Waals surface area contributed by atoms with E-state index in [0.29, 0.717) is 11.7 Å². The SMILES string of the molecule is CN1Cc2cc(-c3ccc(N)nn3)ccc2C(c2ccc3cn[nH]c3c2)C1. The lowest BCUT2D eigenvalue weighted by Gasteiger charge is -2.33. The number of nitrogen functional groups attached to an aromatic ring is 1. The molecule has 3 heterocycles. The van der Waals surface area contributed by atoms with Crippen LogP contribution in [-0.4, -0.2) is 38.9 Å². The molecule has 0 saturated carbocycles. The molecule has 0 spiro atoms. The zero-order valence-corrected chi connectivity index (χ0v) is 15.1. The third-order valence-electron chi connectivity index (χ3n) is 5.30. The summed E-state index contributed by atoms with van der Waals surface area (Å²) in [4.78, 5) is 2.36. The van der Waals surface area contributed by atoms with Gasteiger partial charge in [-0.2, -0.15) is 5.10 Å². The summed E-state index contributed by atoms with van der Waals surface area (Å²) in [6.45, 7) is 1.92. The maximum absolute atomic E-state index is 5.66. The molecular weight excluding hydrogens is 336 g/mol. The number of anilines is 1. The first-order valence-electron chi connectivity index (χ1n) is 9.01. The highest BCUT2D eigenvalue weighted by atomic mass is 15.1. The number of hydrogen-bond donors (Lipinski definition) is 2. The molecule has 1 atom stereocenters. The van der Waals surface area contributed by atoms with Gasteiger partial charge in [0.05, 0.1) is 17.4 Å². The summed E-state index contributed by atoms with van der Waals surface area (Å²) in [5.41, 5.74) is 12.7. The predicted molar refractivity (Wildman–Crippen MR) is 106 cm³/mol. The normalized spacial score (nSPS) is 17.1. The molecule has 1 unspecified atom stereocenters. The molecule has 3 N–H and O–H groups in total. The Morgan fingerprint density at radius 2 is 2.00 bits per heavy atom. The van der Waals surface area contributed by atoms with Crippen molar-refractivity contribution < 1.29 is 0 Å². The number of H-pyrrole nitrogens is 1. The Morgan fingerprint density at radius 1 is 1.07 bits per heavy atom. The van der Waals surface area contributed by atoms with Gasteiger partial charge in [-0.25, -0.2) is 0 Å². The minimum atomic E-state index is 0.331. The molecule has 0 aliphatic carbocycles. The van der Waals surface area contributed by atoms with Crippen LogP contribution in [0.2, 0.25) is 0 Å². The highest BCUT2D eigenvalue weighted by molar-refractivity contribution is 5.78. The fourth-order valence-corrected chi connectivity index (χ4v) is 3.96. The van der Waals surface area contributed by atoms with Crippen molar-refractivity contribution in [2.24, 2.45) is 0 Å². The van der Waals surface area contributed by atoms with Crippen molar-refractivity contribution in [3.63, 3.8) is 0 Å². The number of nitrogens with two attached hydrogens (primary N) is 1. The molecule has 4 aromatic rings. The standard InChI is InChI=1S/C21H20N6/c1-27-11-16-8-14(19-6-7-21(22)26-25-19)4-5-17(16)18(12-27)13-2-3-15-10-23-24-20(15)9-13/h2-10,18H,11-12H2,1H3,(H2,22,26)(H,23,24). The van der Waals surface area contributed by atoms with E-state index in [0.717, 1.165) is 35.2 Å². The third kappa shape index (κ3) is 2.84. The molecular formula is C21H20N6. The van der Waals surface area contributed by atoms with Crippen molar-refractivity contribution in [3.05, 3.63) is 71.4 Å². The average molecular weight is 356 g/mol. The van der Waals surface area contributed by atoms with E-state index >= 15 is 0 Å². The predicted octanol–water partition coefficient (Wildman–Crippen LogP) is 3.18. The smallest absolute Gasteiger partial charge is 0.146 e. The zero-order chi connectivity index (χ0) is 18.4. The number of nitrogens with zero attached hydrogens (tertiary/aromatic N) is 4. The first-order chi connectivity index (χ1) is 13.2. The Morgan fingerprint density at radius 3 is 2.85 bits per heavy atom. The molecule has 0 saturated heterocycles. The van der Waals surface area contributed by atoms with Gasteiger partial charge in [-0.05, 0) is 48.0 Å². The zero-order valence-electron chi connectivity index (χ0n) is 15.1. The van der Waals surface area contributed by atoms with E-state index < -0.39 is 0 Å². The number of likely N-dealkylation sites (N-methyl/N-ethyl adjacent to an activating group) is 1. The van der Waals surface area contributed by atoms with Crippen molar-refractivity contribution in [2.75, 3.05) is 19.3 Å². The first-order valence-corrected chi connectivity index (χ1v) is 9.01. The molecule has 0 radical (unpaired) electrons. The highest BCUT2D eigenvalue weighted by Crippen LogP contribution is 2.35. The Balaban J connectivity index is 1.57. The van der Waals surface area contributed by atoms with Crippen LogP contribution < -0.4 is 5.73 Å². The topological polar surface area (TPSA) is 83.7 Å². The number of rotatable bonds is 2. The molecule has 2 aromatic heterocycles. The fourth-order valence-electron chi connectivity index (χ4n) is 3.96. The molecule has 0 fully saturated rings. The molecule has 5 rings (SSSR count). The number of fused-ring (bicyclic) bond motifs is 2. The quantitative estimate of drug-likeness (QED) is 0.576. The Bertz CT molecular complexity index is 1120. The Labute approximate surface area is 157 Å². The van der Waals surface area contributed by atoms with E-state index in [1.807, 2.05) is 12.3 Å². The molecule has 2 aromatic carbocycles. The van der Waals surface area contributed by atoms with Gasteiger partial charge in [-0.3, -0.25) is 5.10 Å². The minimum Gasteiger partial charge on any atom is -0.382 e. The van der Waals surface area contributed by atoms with Crippen LogP contribution in [0.3, 0.4) is 0 Å². The van der Waals surface area contributed by atoms with Gasteiger partial charge < -0.3 is 10.6 Å². The van der Waals surface area contributed by atoms with Crippen LogP contribution in [0, 0.1) is 0 Å². The van der Waals surface area contributed by atoms with E-state index in [1.165, 1.54) is 16.7 Å². The number of nitrogens with one attached hydrogen (secondary N) is 1. The van der Waals surface area contributed by atoms with Crippen molar-refractivity contribution in [1.29, 1.82) is 0 Å². The van der Waals surface area contributed by atoms with Gasteiger partial charge in [0.2, 0.25) is 0 Å². The maximum atomic E-state index is 5.66. The fraction of sp³-hybridized carbons (Fsp3) is 0.190. The Hall–Kier alpha value is -3.25. The van der Waals surface area contributed by atoms with Crippen LogP contribution in [0.15, 0.2) is 54.7 Å². The first kappa shape index (κ1) is 16.0. The second-order valence-corrected chi connectivity index (χ2v) is 7.22. The number of hydrogen-bond acceptors (Lipinski definition) is 5. The van der Waals surface area contributed by atoms with Gasteiger partial charge in [0.15, 0.2) is 0 Å². The molecule has 0 amide bonds. The van der Waals surface area contributed by atoms with E-state index in [9.17, 15) is 0 Å². The van der Waals surface area contributed by atoms with E-state index in [2.05, 4.69) is 68.7 Å². The van der Waals surface area contributed by atoms with Gasteiger partial charge >= 0.3 is 0 Å². The van der Waals surface area contributed by atoms with Crippen LogP contribution in [-0.2, 0) is 6.54 Å². The third-order valence-corrected chi connectivity index (χ3v) is 5.30. The van der Waals surface area contributed by atoms with Crippen molar-refractivity contribution in [3.8, 4) is 11.3 Å². The summed E-state index contributed by atoms with van der Waals surface area (Å²) in [5, 5.41) is 16.6. The van der Waals surface area contributed by atoms with Gasteiger partial charge in [0, 0.05) is 30.0 Å². The number of aromatic amines is 1. The summed E-state index contributed by atoms with van der Waals surface area (Å²) in [5.74, 6) is 0.767. The number of benzene rings is 2. The van der Waals surface area contributed by atoms with E-state index in [4.69, 9.17) is 5.73 Å². The van der Waals surface area contributed by atoms with Crippen molar-refractivity contribution in [2.45, 2.75) is 12.5 Å². The maximum Gasteiger partial charge on any atom is 0.146 e. The van der Waals surface area contributed by atoms with Crippen LogP contribution in [0.5, 0.6) is 0 Å². The van der Waals surface area contributed by atoms with E-state index in [-0.39, 0.29) is 0 Å². The lowest BCUT2D eigenvalue weighted by Crippen LogP contribution is -2.31. The largest absolute Gasteiger partial charge is 0.382 e. The lowest BCUT2D eigenvalue weighted by atomic mass is 9.83. The summed E-state index contributed by atoms with van der Waals surface area (Å²) in [6, 6.07) is 16.9. The summed E-state index contributed by atoms with van der Waals surface area (Å²) in [6.07, 6.45) is 1.86. The van der Waals surface area contributed by atoms with Crippen LogP contribution in [0.1, 0.15) is 22.6 Å². The molecule has 134 valence electrons. The summed E-state index contributed by atoms with van der Waals surface area (Å²) >= 11 is 0.